The third-order valence-electron chi connectivity index (χ3n) is 12.7. The minimum Gasteiger partial charge on any atom is -0.310 e. The van der Waals surface area contributed by atoms with E-state index in [0.29, 0.717) is 0 Å². The Balaban J connectivity index is 1.22. The van der Waals surface area contributed by atoms with E-state index in [2.05, 4.69) is 197 Å². The minimum atomic E-state index is -0.190. The van der Waals surface area contributed by atoms with Crippen LogP contribution in [0, 0.1) is 0 Å². The summed E-state index contributed by atoms with van der Waals surface area (Å²) in [5.74, 6) is 0. The zero-order valence-corrected chi connectivity index (χ0v) is 31.4. The highest BCUT2D eigenvalue weighted by Crippen LogP contribution is 2.60. The normalized spacial score (nSPS) is 17.2. The highest BCUT2D eigenvalue weighted by molar-refractivity contribution is 5.93. The largest absolute Gasteiger partial charge is 0.310 e. The van der Waals surface area contributed by atoms with Crippen molar-refractivity contribution < 1.29 is 0 Å². The molecule has 1 atom stereocenters. The molecular formula is C52H45N. The SMILES string of the molecule is CC(C)(C)c1ccc2c(c1)C1(CC2)c2ccccc2-c2ccc(N(c3ccc4c(c3)C(C)(C)c3ccccc3-4)c3ccccc3-c3ccccc3)cc21. The van der Waals surface area contributed by atoms with E-state index in [9.17, 15) is 0 Å². The van der Waals surface area contributed by atoms with Crippen LogP contribution in [0.1, 0.15) is 80.0 Å². The summed E-state index contributed by atoms with van der Waals surface area (Å²) in [5.41, 5.74) is 21.2. The Morgan fingerprint density at radius 3 is 1.75 bits per heavy atom. The lowest BCUT2D eigenvalue weighted by atomic mass is 9.72. The van der Waals surface area contributed by atoms with Crippen LogP contribution in [-0.4, -0.2) is 0 Å². The standard InChI is InChI=1S/C52H45N/c1-50(2,3)36-24-23-35-29-30-52(46(35)31-36)45-21-13-10-19-41(45)43-28-26-38(33-48(43)52)53(49-22-14-11-17-39(49)34-15-7-6-8-16-34)37-25-27-42-40-18-9-12-20-44(40)51(4,5)47(42)32-37/h6-28,31-33H,29-30H2,1-5H3. The van der Waals surface area contributed by atoms with Gasteiger partial charge in [0.2, 0.25) is 0 Å². The number of para-hydroxylation sites is 1. The van der Waals surface area contributed by atoms with E-state index in [0.717, 1.165) is 12.8 Å². The van der Waals surface area contributed by atoms with Crippen molar-refractivity contribution in [3.8, 4) is 33.4 Å². The molecule has 3 aliphatic rings. The van der Waals surface area contributed by atoms with Crippen LogP contribution in [0.15, 0.2) is 158 Å². The Kier molecular flexibility index (Phi) is 6.90. The van der Waals surface area contributed by atoms with Crippen LogP contribution >= 0.6 is 0 Å². The zero-order chi connectivity index (χ0) is 36.1. The lowest BCUT2D eigenvalue weighted by Crippen LogP contribution is -2.25. The highest BCUT2D eigenvalue weighted by Gasteiger charge is 2.49. The summed E-state index contributed by atoms with van der Waals surface area (Å²) in [6, 6.07) is 59.8. The molecule has 0 aromatic heterocycles. The van der Waals surface area contributed by atoms with E-state index >= 15 is 0 Å². The molecule has 10 rings (SSSR count). The minimum absolute atomic E-state index is 0.0700. The summed E-state index contributed by atoms with van der Waals surface area (Å²) in [6.45, 7) is 11.8. The van der Waals surface area contributed by atoms with Gasteiger partial charge in [0.15, 0.2) is 0 Å². The Labute approximate surface area is 314 Å². The topological polar surface area (TPSA) is 3.24 Å². The van der Waals surface area contributed by atoms with E-state index in [-0.39, 0.29) is 16.2 Å². The third kappa shape index (κ3) is 4.63. The van der Waals surface area contributed by atoms with Gasteiger partial charge in [0, 0.05) is 27.8 Å². The fourth-order valence-corrected chi connectivity index (χ4v) is 9.96. The first kappa shape index (κ1) is 32.0. The molecule has 3 aliphatic carbocycles. The van der Waals surface area contributed by atoms with Crippen molar-refractivity contribution in [3.63, 3.8) is 0 Å². The monoisotopic (exact) mass is 683 g/mol. The van der Waals surface area contributed by atoms with E-state index in [1.165, 1.54) is 89.4 Å². The molecule has 1 heteroatoms. The number of anilines is 3. The van der Waals surface area contributed by atoms with Crippen LogP contribution < -0.4 is 4.90 Å². The predicted octanol–water partition coefficient (Wildman–Crippen LogP) is 13.7. The van der Waals surface area contributed by atoms with Gasteiger partial charge in [0.1, 0.15) is 0 Å². The quantitative estimate of drug-likeness (QED) is 0.178. The number of hydrogen-bond donors (Lipinski definition) is 0. The molecule has 1 nitrogen and oxygen atoms in total. The van der Waals surface area contributed by atoms with E-state index in [1.807, 2.05) is 0 Å². The van der Waals surface area contributed by atoms with Crippen molar-refractivity contribution >= 4 is 17.1 Å². The van der Waals surface area contributed by atoms with Crippen molar-refractivity contribution in [1.82, 2.24) is 0 Å². The second kappa shape index (κ2) is 11.4. The number of hydrogen-bond acceptors (Lipinski definition) is 1. The maximum Gasteiger partial charge on any atom is 0.0540 e. The molecule has 0 radical (unpaired) electrons. The third-order valence-corrected chi connectivity index (χ3v) is 12.7. The summed E-state index contributed by atoms with van der Waals surface area (Å²) in [7, 11) is 0. The fourth-order valence-electron chi connectivity index (χ4n) is 9.96. The molecule has 0 bridgehead atoms. The van der Waals surface area contributed by atoms with Crippen molar-refractivity contribution in [1.29, 1.82) is 0 Å². The second-order valence-electron chi connectivity index (χ2n) is 16.9. The van der Waals surface area contributed by atoms with Gasteiger partial charge in [0.05, 0.1) is 5.69 Å². The van der Waals surface area contributed by atoms with Crippen LogP contribution in [0.2, 0.25) is 0 Å². The molecule has 0 amide bonds. The second-order valence-corrected chi connectivity index (χ2v) is 16.9. The first-order valence-corrected chi connectivity index (χ1v) is 19.2. The number of aryl methyl sites for hydroxylation is 1. The highest BCUT2D eigenvalue weighted by atomic mass is 15.1. The van der Waals surface area contributed by atoms with Gasteiger partial charge in [-0.1, -0.05) is 162 Å². The van der Waals surface area contributed by atoms with Crippen molar-refractivity contribution in [3.05, 3.63) is 197 Å². The van der Waals surface area contributed by atoms with Crippen molar-refractivity contribution in [2.45, 2.75) is 63.7 Å². The van der Waals surface area contributed by atoms with Gasteiger partial charge >= 0.3 is 0 Å². The van der Waals surface area contributed by atoms with Crippen molar-refractivity contribution in [2.24, 2.45) is 0 Å². The molecule has 0 aliphatic heterocycles. The number of rotatable bonds is 4. The van der Waals surface area contributed by atoms with Gasteiger partial charge in [0.25, 0.3) is 0 Å². The molecule has 0 heterocycles. The molecule has 0 fully saturated rings. The molecule has 1 spiro atoms. The van der Waals surface area contributed by atoms with E-state index < -0.39 is 0 Å². The molecule has 0 saturated carbocycles. The Morgan fingerprint density at radius 2 is 1.04 bits per heavy atom. The lowest BCUT2D eigenvalue weighted by molar-refractivity contribution is 0.584. The Hall–Kier alpha value is -5.66. The van der Waals surface area contributed by atoms with Crippen LogP contribution in [0.5, 0.6) is 0 Å². The van der Waals surface area contributed by atoms with Crippen molar-refractivity contribution in [2.75, 3.05) is 4.90 Å². The Bertz CT molecular complexity index is 2580. The smallest absolute Gasteiger partial charge is 0.0540 e. The molecule has 0 saturated heterocycles. The van der Waals surface area contributed by atoms with Crippen LogP contribution in [0.4, 0.5) is 17.1 Å². The summed E-state index contributed by atoms with van der Waals surface area (Å²) in [6.07, 6.45) is 2.16. The van der Waals surface area contributed by atoms with Gasteiger partial charge in [-0.2, -0.15) is 0 Å². The molecule has 0 N–H and O–H groups in total. The van der Waals surface area contributed by atoms with E-state index in [4.69, 9.17) is 0 Å². The number of nitrogens with zero attached hydrogens (tertiary/aromatic N) is 1. The van der Waals surface area contributed by atoms with Crippen LogP contribution in [0.25, 0.3) is 33.4 Å². The van der Waals surface area contributed by atoms with Crippen LogP contribution in [-0.2, 0) is 22.7 Å². The lowest BCUT2D eigenvalue weighted by Gasteiger charge is -2.33. The fraction of sp³-hybridized carbons (Fsp3) is 0.192. The van der Waals surface area contributed by atoms with Gasteiger partial charge in [-0.05, 0) is 115 Å². The summed E-state index contributed by atoms with van der Waals surface area (Å²) in [5, 5.41) is 0. The Morgan fingerprint density at radius 1 is 0.472 bits per heavy atom. The zero-order valence-electron chi connectivity index (χ0n) is 31.4. The number of benzene rings is 7. The molecule has 258 valence electrons. The van der Waals surface area contributed by atoms with Gasteiger partial charge in [-0.3, -0.25) is 0 Å². The first-order chi connectivity index (χ1) is 25.7. The summed E-state index contributed by atoms with van der Waals surface area (Å²) in [4.78, 5) is 2.53. The first-order valence-electron chi connectivity index (χ1n) is 19.2. The molecule has 7 aromatic rings. The average molecular weight is 684 g/mol. The molecule has 53 heavy (non-hydrogen) atoms. The van der Waals surface area contributed by atoms with Gasteiger partial charge < -0.3 is 4.90 Å². The maximum absolute atomic E-state index is 2.55. The molecule has 1 unspecified atom stereocenters. The maximum atomic E-state index is 2.55. The van der Waals surface area contributed by atoms with Crippen LogP contribution in [0.3, 0.4) is 0 Å². The van der Waals surface area contributed by atoms with E-state index in [1.54, 1.807) is 0 Å². The summed E-state index contributed by atoms with van der Waals surface area (Å²) < 4.78 is 0. The number of fused-ring (bicyclic) bond motifs is 10. The molecular weight excluding hydrogens is 639 g/mol. The predicted molar refractivity (Wildman–Crippen MR) is 223 cm³/mol. The average Bonchev–Trinajstić information content (AvgIpc) is 3.78. The molecule has 7 aromatic carbocycles. The summed E-state index contributed by atoms with van der Waals surface area (Å²) >= 11 is 0. The van der Waals surface area contributed by atoms with Gasteiger partial charge in [-0.25, -0.2) is 0 Å². The van der Waals surface area contributed by atoms with Gasteiger partial charge in [-0.15, -0.1) is 0 Å².